The monoisotopic (exact) mass is 330 g/mol. The third kappa shape index (κ3) is 3.79. The van der Waals surface area contributed by atoms with Crippen LogP contribution in [0.3, 0.4) is 0 Å². The lowest BCUT2D eigenvalue weighted by molar-refractivity contribution is 0.0751. The van der Waals surface area contributed by atoms with Gasteiger partial charge in [0.15, 0.2) is 0 Å². The standard InChI is InChI=1S/C17H19FN4O2/c1-11-7-16(20-22(11)2)17(23)19-10-15-9-14(21-24-15)8-12-3-5-13(18)6-4-12/h3-7,15H,8-10H2,1-2H3,(H,19,23). The van der Waals surface area contributed by atoms with Gasteiger partial charge in [-0.3, -0.25) is 9.48 Å². The third-order valence-corrected chi connectivity index (χ3v) is 3.95. The normalized spacial score (nSPS) is 16.6. The number of aromatic nitrogens is 2. The highest BCUT2D eigenvalue weighted by Gasteiger charge is 2.22. The van der Waals surface area contributed by atoms with Gasteiger partial charge in [0, 0.05) is 25.6 Å². The van der Waals surface area contributed by atoms with Crippen LogP contribution in [-0.4, -0.2) is 34.0 Å². The lowest BCUT2D eigenvalue weighted by Gasteiger charge is -2.08. The zero-order chi connectivity index (χ0) is 17.1. The fraction of sp³-hybridized carbons (Fsp3) is 0.353. The molecule has 1 aromatic carbocycles. The highest BCUT2D eigenvalue weighted by Crippen LogP contribution is 2.14. The number of amides is 1. The molecule has 3 rings (SSSR count). The predicted molar refractivity (Wildman–Crippen MR) is 87.3 cm³/mol. The highest BCUT2D eigenvalue weighted by molar-refractivity contribution is 5.92. The highest BCUT2D eigenvalue weighted by atomic mass is 19.1. The van der Waals surface area contributed by atoms with Crippen molar-refractivity contribution < 1.29 is 14.0 Å². The van der Waals surface area contributed by atoms with Gasteiger partial charge in [0.25, 0.3) is 5.91 Å². The molecule has 0 bridgehead atoms. The van der Waals surface area contributed by atoms with Gasteiger partial charge in [-0.15, -0.1) is 0 Å². The number of rotatable bonds is 5. The van der Waals surface area contributed by atoms with Gasteiger partial charge in [-0.1, -0.05) is 17.3 Å². The molecule has 24 heavy (non-hydrogen) atoms. The van der Waals surface area contributed by atoms with Crippen LogP contribution >= 0.6 is 0 Å². The summed E-state index contributed by atoms with van der Waals surface area (Å²) in [6.07, 6.45) is 1.07. The van der Waals surface area contributed by atoms with Crippen LogP contribution in [0.4, 0.5) is 4.39 Å². The molecule has 7 heteroatoms. The summed E-state index contributed by atoms with van der Waals surface area (Å²) in [5.74, 6) is -0.483. The smallest absolute Gasteiger partial charge is 0.271 e. The summed E-state index contributed by atoms with van der Waals surface area (Å²) in [4.78, 5) is 17.4. The van der Waals surface area contributed by atoms with Crippen LogP contribution in [0.5, 0.6) is 0 Å². The summed E-state index contributed by atoms with van der Waals surface area (Å²) in [7, 11) is 1.79. The molecule has 1 atom stereocenters. The minimum Gasteiger partial charge on any atom is -0.390 e. The SMILES string of the molecule is Cc1cc(C(=O)NCC2CC(Cc3ccc(F)cc3)=NO2)nn1C. The molecule has 0 saturated carbocycles. The Morgan fingerprint density at radius 2 is 2.17 bits per heavy atom. The molecule has 0 saturated heterocycles. The number of carbonyl (C=O) groups excluding carboxylic acids is 1. The Kier molecular flexibility index (Phi) is 4.59. The molecular weight excluding hydrogens is 311 g/mol. The van der Waals surface area contributed by atoms with Crippen molar-refractivity contribution in [1.82, 2.24) is 15.1 Å². The molecule has 0 aliphatic carbocycles. The molecular formula is C17H19FN4O2. The molecule has 0 radical (unpaired) electrons. The molecule has 1 N–H and O–H groups in total. The maximum atomic E-state index is 12.9. The van der Waals surface area contributed by atoms with Crippen LogP contribution in [0.2, 0.25) is 0 Å². The quantitative estimate of drug-likeness (QED) is 0.911. The van der Waals surface area contributed by atoms with E-state index in [1.54, 1.807) is 29.9 Å². The van der Waals surface area contributed by atoms with Crippen molar-refractivity contribution in [3.8, 4) is 0 Å². The molecule has 6 nitrogen and oxygen atoms in total. The van der Waals surface area contributed by atoms with E-state index < -0.39 is 0 Å². The number of aryl methyl sites for hydroxylation is 2. The Bertz CT molecular complexity index is 748. The van der Waals surface area contributed by atoms with E-state index in [4.69, 9.17) is 4.84 Å². The van der Waals surface area contributed by atoms with Crippen LogP contribution in [0.25, 0.3) is 0 Å². The maximum absolute atomic E-state index is 12.9. The zero-order valence-corrected chi connectivity index (χ0v) is 13.6. The van der Waals surface area contributed by atoms with E-state index in [2.05, 4.69) is 15.6 Å². The van der Waals surface area contributed by atoms with Crippen LogP contribution in [0, 0.1) is 12.7 Å². The Labute approximate surface area is 139 Å². The van der Waals surface area contributed by atoms with E-state index in [0.717, 1.165) is 17.0 Å². The average molecular weight is 330 g/mol. The Morgan fingerprint density at radius 1 is 1.42 bits per heavy atom. The second kappa shape index (κ2) is 6.82. The Morgan fingerprint density at radius 3 is 2.83 bits per heavy atom. The van der Waals surface area contributed by atoms with E-state index >= 15 is 0 Å². The van der Waals surface area contributed by atoms with E-state index in [0.29, 0.717) is 25.1 Å². The number of benzene rings is 1. The second-order valence-electron chi connectivity index (χ2n) is 5.90. The average Bonchev–Trinajstić information content (AvgIpc) is 3.14. The first-order valence-corrected chi connectivity index (χ1v) is 7.76. The van der Waals surface area contributed by atoms with E-state index in [1.807, 2.05) is 6.92 Å². The lowest BCUT2D eigenvalue weighted by Crippen LogP contribution is -2.32. The minimum atomic E-state index is -0.256. The molecule has 2 heterocycles. The molecule has 1 aliphatic rings. The number of oxime groups is 1. The number of hydrogen-bond donors (Lipinski definition) is 1. The van der Waals surface area contributed by atoms with Crippen LogP contribution in [0.1, 0.15) is 28.2 Å². The van der Waals surface area contributed by atoms with Crippen LogP contribution < -0.4 is 5.32 Å². The van der Waals surface area contributed by atoms with Gasteiger partial charge in [0.1, 0.15) is 17.6 Å². The number of nitrogens with zero attached hydrogens (tertiary/aromatic N) is 3. The van der Waals surface area contributed by atoms with Crippen molar-refractivity contribution in [2.24, 2.45) is 12.2 Å². The van der Waals surface area contributed by atoms with Crippen LogP contribution in [-0.2, 0) is 18.3 Å². The summed E-state index contributed by atoms with van der Waals surface area (Å²) in [6, 6.07) is 8.06. The third-order valence-electron chi connectivity index (χ3n) is 3.95. The summed E-state index contributed by atoms with van der Waals surface area (Å²) in [6.45, 7) is 2.25. The molecule has 1 unspecified atom stereocenters. The Balaban J connectivity index is 1.47. The van der Waals surface area contributed by atoms with Gasteiger partial charge in [-0.2, -0.15) is 5.10 Å². The van der Waals surface area contributed by atoms with Gasteiger partial charge < -0.3 is 10.2 Å². The van der Waals surface area contributed by atoms with Gasteiger partial charge in [0.05, 0.1) is 12.3 Å². The van der Waals surface area contributed by atoms with Crippen molar-refractivity contribution in [1.29, 1.82) is 0 Å². The summed E-state index contributed by atoms with van der Waals surface area (Å²) < 4.78 is 14.6. The lowest BCUT2D eigenvalue weighted by atomic mass is 10.0. The van der Waals surface area contributed by atoms with Crippen molar-refractivity contribution >= 4 is 11.6 Å². The number of halogens is 1. The fourth-order valence-electron chi connectivity index (χ4n) is 2.51. The second-order valence-corrected chi connectivity index (χ2v) is 5.90. The van der Waals surface area contributed by atoms with Crippen molar-refractivity contribution in [3.63, 3.8) is 0 Å². The van der Waals surface area contributed by atoms with Gasteiger partial charge >= 0.3 is 0 Å². The minimum absolute atomic E-state index is 0.186. The van der Waals surface area contributed by atoms with Gasteiger partial charge in [-0.25, -0.2) is 4.39 Å². The molecule has 0 fully saturated rings. The summed E-state index contributed by atoms with van der Waals surface area (Å²) >= 11 is 0. The number of hydrogen-bond acceptors (Lipinski definition) is 4. The largest absolute Gasteiger partial charge is 0.390 e. The topological polar surface area (TPSA) is 68.5 Å². The molecule has 0 spiro atoms. The fourth-order valence-corrected chi connectivity index (χ4v) is 2.51. The molecule has 126 valence electrons. The summed E-state index contributed by atoms with van der Waals surface area (Å²) in [5.41, 5.74) is 3.17. The van der Waals surface area contributed by atoms with Crippen molar-refractivity contribution in [3.05, 3.63) is 53.1 Å². The Hall–Kier alpha value is -2.70. The van der Waals surface area contributed by atoms with E-state index in [1.165, 1.54) is 12.1 Å². The van der Waals surface area contributed by atoms with Crippen molar-refractivity contribution in [2.75, 3.05) is 6.54 Å². The maximum Gasteiger partial charge on any atom is 0.271 e. The molecule has 1 aromatic heterocycles. The molecule has 1 amide bonds. The zero-order valence-electron chi connectivity index (χ0n) is 13.6. The van der Waals surface area contributed by atoms with Crippen LogP contribution in [0.15, 0.2) is 35.5 Å². The first-order valence-electron chi connectivity index (χ1n) is 7.76. The van der Waals surface area contributed by atoms with Gasteiger partial charge in [0.2, 0.25) is 0 Å². The molecule has 1 aliphatic heterocycles. The first kappa shape index (κ1) is 16.2. The van der Waals surface area contributed by atoms with E-state index in [9.17, 15) is 9.18 Å². The number of carbonyl (C=O) groups is 1. The van der Waals surface area contributed by atoms with Gasteiger partial charge in [-0.05, 0) is 30.7 Å². The summed E-state index contributed by atoms with van der Waals surface area (Å²) in [5, 5.41) is 11.0. The van der Waals surface area contributed by atoms with Crippen molar-refractivity contribution in [2.45, 2.75) is 25.9 Å². The van der Waals surface area contributed by atoms with E-state index in [-0.39, 0.29) is 17.8 Å². The first-order chi connectivity index (χ1) is 11.5. The molecule has 2 aromatic rings. The predicted octanol–water partition coefficient (Wildman–Crippen LogP) is 1.99. The number of nitrogens with one attached hydrogen (secondary N) is 1.